The van der Waals surface area contributed by atoms with E-state index >= 15 is 0 Å². The quantitative estimate of drug-likeness (QED) is 0.648. The third-order valence-corrected chi connectivity index (χ3v) is 5.65. The highest BCUT2D eigenvalue weighted by Gasteiger charge is 2.44. The Morgan fingerprint density at radius 2 is 1.61 bits per heavy atom. The number of hydrogen-bond donors (Lipinski definition) is 1. The lowest BCUT2D eigenvalue weighted by atomic mass is 9.79. The summed E-state index contributed by atoms with van der Waals surface area (Å²) in [5.74, 6) is -1.09. The zero-order valence-electron chi connectivity index (χ0n) is 17.3. The minimum Gasteiger partial charge on any atom is -0.493 e. The second-order valence-electron chi connectivity index (χ2n) is 7.38. The van der Waals surface area contributed by atoms with Crippen LogP contribution in [-0.2, 0) is 11.3 Å². The molecule has 1 N–H and O–H groups in total. The summed E-state index contributed by atoms with van der Waals surface area (Å²) < 4.78 is 10.8. The Bertz CT molecular complexity index is 1110. The molecule has 158 valence electrons. The summed E-state index contributed by atoms with van der Waals surface area (Å²) >= 11 is 0. The molecular formula is C25H23NO5. The van der Waals surface area contributed by atoms with Gasteiger partial charge in [-0.25, -0.2) is 0 Å². The van der Waals surface area contributed by atoms with Crippen LogP contribution in [0.15, 0.2) is 72.8 Å². The fraction of sp³-hybridized carbons (Fsp3) is 0.200. The van der Waals surface area contributed by atoms with Crippen molar-refractivity contribution < 1.29 is 24.2 Å². The van der Waals surface area contributed by atoms with Crippen molar-refractivity contribution in [2.45, 2.75) is 18.5 Å². The predicted octanol–water partition coefficient (Wildman–Crippen LogP) is 4.27. The fourth-order valence-electron chi connectivity index (χ4n) is 4.22. The minimum atomic E-state index is -0.988. The highest BCUT2D eigenvalue weighted by atomic mass is 16.5. The molecule has 0 bridgehead atoms. The monoisotopic (exact) mass is 417 g/mol. The average molecular weight is 417 g/mol. The van der Waals surface area contributed by atoms with Crippen LogP contribution in [0.25, 0.3) is 0 Å². The molecule has 3 aromatic rings. The van der Waals surface area contributed by atoms with Gasteiger partial charge in [0.15, 0.2) is 11.5 Å². The molecule has 0 aliphatic carbocycles. The number of methoxy groups -OCH3 is 2. The lowest BCUT2D eigenvalue weighted by Crippen LogP contribution is -2.44. The SMILES string of the molecule is COc1ccc(C2C(C(=O)O)c3ccccc3C(=O)N2Cc2ccccc2)cc1OC. The van der Waals surface area contributed by atoms with E-state index in [0.717, 1.165) is 5.56 Å². The Hall–Kier alpha value is -3.80. The molecule has 6 heteroatoms. The zero-order valence-corrected chi connectivity index (χ0v) is 17.3. The van der Waals surface area contributed by atoms with Gasteiger partial charge in [-0.2, -0.15) is 0 Å². The first-order valence-corrected chi connectivity index (χ1v) is 9.93. The van der Waals surface area contributed by atoms with E-state index in [4.69, 9.17) is 9.47 Å². The number of ether oxygens (including phenoxy) is 2. The number of aliphatic carboxylic acids is 1. The van der Waals surface area contributed by atoms with Gasteiger partial charge >= 0.3 is 5.97 Å². The molecular weight excluding hydrogens is 394 g/mol. The van der Waals surface area contributed by atoms with Crippen molar-refractivity contribution in [2.24, 2.45) is 0 Å². The molecule has 2 unspecified atom stereocenters. The molecule has 1 aliphatic heterocycles. The van der Waals surface area contributed by atoms with Crippen LogP contribution in [0.4, 0.5) is 0 Å². The van der Waals surface area contributed by atoms with Crippen molar-refractivity contribution in [1.29, 1.82) is 0 Å². The van der Waals surface area contributed by atoms with Gasteiger partial charge in [0.25, 0.3) is 5.91 Å². The summed E-state index contributed by atoms with van der Waals surface area (Å²) in [5, 5.41) is 10.2. The predicted molar refractivity (Wildman–Crippen MR) is 115 cm³/mol. The summed E-state index contributed by atoms with van der Waals surface area (Å²) in [6.45, 7) is 0.288. The maximum atomic E-state index is 13.5. The van der Waals surface area contributed by atoms with Crippen LogP contribution in [0, 0.1) is 0 Å². The lowest BCUT2D eigenvalue weighted by molar-refractivity contribution is -0.140. The molecule has 0 aromatic heterocycles. The largest absolute Gasteiger partial charge is 0.493 e. The van der Waals surface area contributed by atoms with Crippen LogP contribution < -0.4 is 9.47 Å². The second kappa shape index (κ2) is 8.52. The van der Waals surface area contributed by atoms with E-state index in [-0.39, 0.29) is 12.5 Å². The van der Waals surface area contributed by atoms with Crippen LogP contribution in [0.5, 0.6) is 11.5 Å². The third-order valence-electron chi connectivity index (χ3n) is 5.65. The molecule has 3 aromatic carbocycles. The summed E-state index contributed by atoms with van der Waals surface area (Å²) in [7, 11) is 3.07. The maximum Gasteiger partial charge on any atom is 0.313 e. The molecule has 2 atom stereocenters. The number of carboxylic acids is 1. The number of nitrogens with zero attached hydrogens (tertiary/aromatic N) is 1. The third kappa shape index (κ3) is 3.72. The van der Waals surface area contributed by atoms with Crippen molar-refractivity contribution >= 4 is 11.9 Å². The van der Waals surface area contributed by atoms with Gasteiger partial charge in [0.1, 0.15) is 5.92 Å². The smallest absolute Gasteiger partial charge is 0.313 e. The standard InChI is InChI=1S/C25H23NO5/c1-30-20-13-12-17(14-21(20)31-2)23-22(25(28)29)18-10-6-7-11-19(18)24(27)26(23)15-16-8-4-3-5-9-16/h3-14,22-23H,15H2,1-2H3,(H,28,29). The van der Waals surface area contributed by atoms with Crippen LogP contribution in [-0.4, -0.2) is 36.1 Å². The molecule has 4 rings (SSSR count). The highest BCUT2D eigenvalue weighted by molar-refractivity contribution is 6.00. The van der Waals surface area contributed by atoms with E-state index in [1.807, 2.05) is 30.3 Å². The Morgan fingerprint density at radius 3 is 2.29 bits per heavy atom. The molecule has 31 heavy (non-hydrogen) atoms. The molecule has 0 saturated carbocycles. The van der Waals surface area contributed by atoms with Crippen molar-refractivity contribution in [3.8, 4) is 11.5 Å². The molecule has 0 fully saturated rings. The van der Waals surface area contributed by atoms with E-state index in [9.17, 15) is 14.7 Å². The van der Waals surface area contributed by atoms with Gasteiger partial charge in [0, 0.05) is 12.1 Å². The summed E-state index contributed by atoms with van der Waals surface area (Å²) in [5.41, 5.74) is 2.53. The number of carbonyl (C=O) groups excluding carboxylic acids is 1. The molecule has 1 aliphatic rings. The van der Waals surface area contributed by atoms with E-state index in [2.05, 4.69) is 0 Å². The van der Waals surface area contributed by atoms with Crippen molar-refractivity contribution in [3.05, 3.63) is 95.1 Å². The second-order valence-corrected chi connectivity index (χ2v) is 7.38. The Labute approximate surface area is 180 Å². The van der Waals surface area contributed by atoms with Gasteiger partial charge in [0.05, 0.1) is 20.3 Å². The summed E-state index contributed by atoms with van der Waals surface area (Å²) in [6, 6.07) is 21.1. The average Bonchev–Trinajstić information content (AvgIpc) is 2.80. The number of carboxylic acid groups (broad SMARTS) is 1. The summed E-state index contributed by atoms with van der Waals surface area (Å²) in [6.07, 6.45) is 0. The first-order chi connectivity index (χ1) is 15.0. The van der Waals surface area contributed by atoms with Gasteiger partial charge < -0.3 is 19.5 Å². The topological polar surface area (TPSA) is 76.1 Å². The van der Waals surface area contributed by atoms with E-state index in [1.165, 1.54) is 7.11 Å². The van der Waals surface area contributed by atoms with Gasteiger partial charge in [-0.3, -0.25) is 9.59 Å². The van der Waals surface area contributed by atoms with Crippen LogP contribution >= 0.6 is 0 Å². The van der Waals surface area contributed by atoms with E-state index in [0.29, 0.717) is 28.2 Å². The number of hydrogen-bond acceptors (Lipinski definition) is 4. The number of rotatable bonds is 6. The normalized spacial score (nSPS) is 17.7. The lowest BCUT2D eigenvalue weighted by Gasteiger charge is -2.41. The Balaban J connectivity index is 1.90. The van der Waals surface area contributed by atoms with Crippen molar-refractivity contribution in [3.63, 3.8) is 0 Å². The number of carbonyl (C=O) groups is 2. The zero-order chi connectivity index (χ0) is 22.0. The fourth-order valence-corrected chi connectivity index (χ4v) is 4.22. The van der Waals surface area contributed by atoms with Gasteiger partial charge in [-0.05, 0) is 34.9 Å². The Morgan fingerprint density at radius 1 is 0.935 bits per heavy atom. The Kier molecular flexibility index (Phi) is 5.62. The number of benzene rings is 3. The molecule has 0 radical (unpaired) electrons. The number of fused-ring (bicyclic) bond motifs is 1. The first kappa shape index (κ1) is 20.5. The van der Waals surface area contributed by atoms with E-state index in [1.54, 1.807) is 54.5 Å². The van der Waals surface area contributed by atoms with Crippen molar-refractivity contribution in [2.75, 3.05) is 14.2 Å². The van der Waals surface area contributed by atoms with Crippen LogP contribution in [0.3, 0.4) is 0 Å². The van der Waals surface area contributed by atoms with Crippen molar-refractivity contribution in [1.82, 2.24) is 4.90 Å². The minimum absolute atomic E-state index is 0.197. The van der Waals surface area contributed by atoms with E-state index < -0.39 is 17.9 Å². The first-order valence-electron chi connectivity index (χ1n) is 9.93. The van der Waals surface area contributed by atoms with Crippen LogP contribution in [0.2, 0.25) is 0 Å². The molecule has 0 saturated heterocycles. The summed E-state index contributed by atoms with van der Waals surface area (Å²) in [4.78, 5) is 27.7. The van der Waals surface area contributed by atoms with Gasteiger partial charge in [0.2, 0.25) is 0 Å². The van der Waals surface area contributed by atoms with Gasteiger partial charge in [-0.15, -0.1) is 0 Å². The molecule has 6 nitrogen and oxygen atoms in total. The molecule has 1 heterocycles. The number of amides is 1. The maximum absolute atomic E-state index is 13.5. The molecule has 0 spiro atoms. The highest BCUT2D eigenvalue weighted by Crippen LogP contribution is 2.45. The van der Waals surface area contributed by atoms with Gasteiger partial charge in [-0.1, -0.05) is 54.6 Å². The van der Waals surface area contributed by atoms with Crippen LogP contribution in [0.1, 0.15) is 39.0 Å². The molecule has 1 amide bonds.